The van der Waals surface area contributed by atoms with E-state index in [1.807, 2.05) is 44.4 Å². The van der Waals surface area contributed by atoms with Crippen molar-refractivity contribution in [3.8, 4) is 0 Å². The summed E-state index contributed by atoms with van der Waals surface area (Å²) in [5, 5.41) is 6.96. The van der Waals surface area contributed by atoms with Gasteiger partial charge in [-0.15, -0.1) is 0 Å². The van der Waals surface area contributed by atoms with Crippen molar-refractivity contribution in [2.24, 2.45) is 4.99 Å². The molecule has 2 aromatic rings. The van der Waals surface area contributed by atoms with Gasteiger partial charge >= 0.3 is 0 Å². The maximum atomic E-state index is 4.38. The monoisotopic (exact) mass is 430 g/mol. The van der Waals surface area contributed by atoms with Gasteiger partial charge in [-0.25, -0.2) is 4.98 Å². The number of aliphatic imine (C=N–C) groups is 1. The van der Waals surface area contributed by atoms with Crippen LogP contribution in [0.4, 0.5) is 11.5 Å². The second-order valence-electron chi connectivity index (χ2n) is 6.87. The van der Waals surface area contributed by atoms with Crippen LogP contribution in [0.2, 0.25) is 0 Å². The molecule has 0 bridgehead atoms. The van der Waals surface area contributed by atoms with Crippen LogP contribution in [0.15, 0.2) is 52.1 Å². The smallest absolute Gasteiger partial charge is 0.191 e. The fourth-order valence-corrected chi connectivity index (χ4v) is 3.73. The van der Waals surface area contributed by atoms with Crippen molar-refractivity contribution >= 4 is 33.4 Å². The molecule has 0 radical (unpaired) electrons. The molecule has 1 aromatic heterocycles. The number of nitrogens with zero attached hydrogens (tertiary/aromatic N) is 4. The number of para-hydroxylation sites is 1. The maximum Gasteiger partial charge on any atom is 0.191 e. The van der Waals surface area contributed by atoms with E-state index in [0.717, 1.165) is 35.8 Å². The highest BCUT2D eigenvalue weighted by Crippen LogP contribution is 2.28. The Labute approximate surface area is 169 Å². The van der Waals surface area contributed by atoms with E-state index in [2.05, 4.69) is 65.7 Å². The molecular weight excluding hydrogens is 404 g/mol. The minimum atomic E-state index is 0.373. The number of hydrogen-bond donors (Lipinski definition) is 2. The van der Waals surface area contributed by atoms with Crippen LogP contribution < -0.4 is 20.4 Å². The highest BCUT2D eigenvalue weighted by molar-refractivity contribution is 9.10. The van der Waals surface area contributed by atoms with Gasteiger partial charge in [0.2, 0.25) is 0 Å². The van der Waals surface area contributed by atoms with Gasteiger partial charge < -0.3 is 20.4 Å². The first kappa shape index (κ1) is 19.5. The Bertz CT molecular complexity index is 792. The highest BCUT2D eigenvalue weighted by atomic mass is 79.9. The minimum absolute atomic E-state index is 0.373. The van der Waals surface area contributed by atoms with Crippen molar-refractivity contribution in [1.82, 2.24) is 15.6 Å². The predicted octanol–water partition coefficient (Wildman–Crippen LogP) is 2.85. The lowest BCUT2D eigenvalue weighted by Gasteiger charge is -2.21. The van der Waals surface area contributed by atoms with E-state index in [-0.39, 0.29) is 0 Å². The van der Waals surface area contributed by atoms with Gasteiger partial charge in [0.1, 0.15) is 5.82 Å². The van der Waals surface area contributed by atoms with Gasteiger partial charge in [-0.3, -0.25) is 4.99 Å². The number of anilines is 2. The summed E-state index contributed by atoms with van der Waals surface area (Å²) in [6.07, 6.45) is 2.93. The number of halogens is 1. The number of aromatic nitrogens is 1. The summed E-state index contributed by atoms with van der Waals surface area (Å²) < 4.78 is 1.14. The molecule has 3 rings (SSSR count). The first-order valence-electron chi connectivity index (χ1n) is 9.15. The normalized spacial score (nSPS) is 17.1. The number of pyridine rings is 1. The zero-order valence-corrected chi connectivity index (χ0v) is 17.7. The van der Waals surface area contributed by atoms with Crippen molar-refractivity contribution in [3.63, 3.8) is 0 Å². The van der Waals surface area contributed by atoms with Crippen LogP contribution in [0.5, 0.6) is 0 Å². The quantitative estimate of drug-likeness (QED) is 0.564. The second-order valence-corrected chi connectivity index (χ2v) is 7.72. The van der Waals surface area contributed by atoms with E-state index in [1.54, 1.807) is 0 Å². The Morgan fingerprint density at radius 1 is 1.33 bits per heavy atom. The van der Waals surface area contributed by atoms with E-state index in [1.165, 1.54) is 11.3 Å². The van der Waals surface area contributed by atoms with E-state index in [0.29, 0.717) is 12.6 Å². The van der Waals surface area contributed by atoms with E-state index >= 15 is 0 Å². The fraction of sp³-hybridized carbons (Fsp3) is 0.400. The minimum Gasteiger partial charge on any atom is -0.368 e. The van der Waals surface area contributed by atoms with Gasteiger partial charge in [0, 0.05) is 57.5 Å². The van der Waals surface area contributed by atoms with Gasteiger partial charge in [0.25, 0.3) is 0 Å². The molecule has 1 aliphatic heterocycles. The number of hydrogen-bond acceptors (Lipinski definition) is 4. The average Bonchev–Trinajstić information content (AvgIpc) is 3.14. The van der Waals surface area contributed by atoms with Gasteiger partial charge in [0.15, 0.2) is 5.96 Å². The fourth-order valence-electron chi connectivity index (χ4n) is 3.19. The molecule has 2 N–H and O–H groups in total. The zero-order chi connectivity index (χ0) is 19.2. The van der Waals surface area contributed by atoms with Gasteiger partial charge in [-0.05, 0) is 52.2 Å². The third kappa shape index (κ3) is 5.13. The molecule has 1 unspecified atom stereocenters. The van der Waals surface area contributed by atoms with Crippen LogP contribution >= 0.6 is 15.9 Å². The Kier molecular flexibility index (Phi) is 6.55. The van der Waals surface area contributed by atoms with Gasteiger partial charge in [0.05, 0.1) is 5.69 Å². The molecule has 1 saturated heterocycles. The molecule has 0 spiro atoms. The van der Waals surface area contributed by atoms with E-state index < -0.39 is 0 Å². The van der Waals surface area contributed by atoms with Crippen LogP contribution in [0.1, 0.15) is 12.0 Å². The largest absolute Gasteiger partial charge is 0.368 e. The maximum absolute atomic E-state index is 4.38. The average molecular weight is 431 g/mol. The van der Waals surface area contributed by atoms with Gasteiger partial charge in [-0.1, -0.05) is 12.1 Å². The van der Waals surface area contributed by atoms with Gasteiger partial charge in [-0.2, -0.15) is 0 Å². The number of guanidine groups is 1. The molecule has 1 fully saturated rings. The Balaban J connectivity index is 1.54. The van der Waals surface area contributed by atoms with Crippen molar-refractivity contribution in [2.75, 3.05) is 44.0 Å². The summed E-state index contributed by atoms with van der Waals surface area (Å²) in [6, 6.07) is 12.9. The molecule has 2 heterocycles. The van der Waals surface area contributed by atoms with Crippen LogP contribution in [0, 0.1) is 0 Å². The molecule has 0 amide bonds. The third-order valence-electron chi connectivity index (χ3n) is 4.67. The lowest BCUT2D eigenvalue weighted by Crippen LogP contribution is -2.44. The Morgan fingerprint density at radius 3 is 2.89 bits per heavy atom. The lowest BCUT2D eigenvalue weighted by molar-refractivity contribution is 0.648. The number of nitrogens with one attached hydrogen (secondary N) is 2. The summed E-state index contributed by atoms with van der Waals surface area (Å²) >= 11 is 3.65. The lowest BCUT2D eigenvalue weighted by atomic mass is 10.2. The van der Waals surface area contributed by atoms with Crippen LogP contribution in [-0.2, 0) is 6.54 Å². The summed E-state index contributed by atoms with van der Waals surface area (Å²) in [6.45, 7) is 2.71. The van der Waals surface area contributed by atoms with Crippen LogP contribution in [-0.4, -0.2) is 51.2 Å². The molecule has 27 heavy (non-hydrogen) atoms. The Morgan fingerprint density at radius 2 is 2.15 bits per heavy atom. The van der Waals surface area contributed by atoms with E-state index in [4.69, 9.17) is 0 Å². The highest BCUT2D eigenvalue weighted by Gasteiger charge is 2.24. The van der Waals surface area contributed by atoms with Crippen molar-refractivity contribution in [3.05, 3.63) is 52.6 Å². The standard InChI is InChI=1S/C20H27BrN6/c1-22-20(24-13-15-8-10-23-19(12-15)26(2)3)25-16-9-11-27(14-16)18-7-5-4-6-17(18)21/h4-8,10,12,16H,9,11,13-14H2,1-3H3,(H2,22,24,25). The molecule has 7 heteroatoms. The topological polar surface area (TPSA) is 55.8 Å². The Hall–Kier alpha value is -2.28. The predicted molar refractivity (Wildman–Crippen MR) is 117 cm³/mol. The first-order valence-corrected chi connectivity index (χ1v) is 9.95. The molecular formula is C20H27BrN6. The summed E-state index contributed by atoms with van der Waals surface area (Å²) in [7, 11) is 5.81. The molecule has 1 aliphatic rings. The molecule has 1 aromatic carbocycles. The molecule has 0 aliphatic carbocycles. The van der Waals surface area contributed by atoms with Crippen LogP contribution in [0.25, 0.3) is 0 Å². The van der Waals surface area contributed by atoms with Crippen molar-refractivity contribution in [2.45, 2.75) is 19.0 Å². The molecule has 0 saturated carbocycles. The molecule has 144 valence electrons. The molecule has 6 nitrogen and oxygen atoms in total. The zero-order valence-electron chi connectivity index (χ0n) is 16.1. The van der Waals surface area contributed by atoms with Crippen LogP contribution in [0.3, 0.4) is 0 Å². The summed E-state index contributed by atoms with van der Waals surface area (Å²) in [4.78, 5) is 13.1. The number of rotatable bonds is 5. The SMILES string of the molecule is CN=C(NCc1ccnc(N(C)C)c1)NC1CCN(c2ccccc2Br)C1. The summed E-state index contributed by atoms with van der Waals surface area (Å²) in [5.41, 5.74) is 2.43. The second kappa shape index (κ2) is 9.08. The molecule has 1 atom stereocenters. The third-order valence-corrected chi connectivity index (χ3v) is 5.34. The first-order chi connectivity index (χ1) is 13.1. The van der Waals surface area contributed by atoms with Crippen molar-refractivity contribution in [1.29, 1.82) is 0 Å². The van der Waals surface area contributed by atoms with Crippen molar-refractivity contribution < 1.29 is 0 Å². The number of benzene rings is 1. The van der Waals surface area contributed by atoms with E-state index in [9.17, 15) is 0 Å². The summed E-state index contributed by atoms with van der Waals surface area (Å²) in [5.74, 6) is 1.79.